The van der Waals surface area contributed by atoms with Crippen LogP contribution in [0.3, 0.4) is 0 Å². The van der Waals surface area contributed by atoms with E-state index in [9.17, 15) is 19.2 Å². The maximum absolute atomic E-state index is 13.7. The number of carbonyl (C=O) groups is 4. The number of hydrogen-bond acceptors (Lipinski definition) is 6. The van der Waals surface area contributed by atoms with Gasteiger partial charge in [0.15, 0.2) is 0 Å². The van der Waals surface area contributed by atoms with Crippen molar-refractivity contribution in [3.05, 3.63) is 108 Å². The molecule has 4 N–H and O–H groups in total. The number of nitrogens with one attached hydrogen (secondary N) is 4. The highest BCUT2D eigenvalue weighted by molar-refractivity contribution is 5.88. The zero-order valence-corrected chi connectivity index (χ0v) is 28.0. The first kappa shape index (κ1) is 36.6. The molecule has 0 aromatic heterocycles. The second-order valence-electron chi connectivity index (χ2n) is 12.6. The molecule has 0 saturated heterocycles. The van der Waals surface area contributed by atoms with E-state index in [1.807, 2.05) is 105 Å². The van der Waals surface area contributed by atoms with E-state index in [0.29, 0.717) is 13.0 Å². The minimum absolute atomic E-state index is 0.0200. The van der Waals surface area contributed by atoms with E-state index in [2.05, 4.69) is 21.3 Å². The van der Waals surface area contributed by atoms with Crippen molar-refractivity contribution in [2.24, 2.45) is 5.92 Å². The Hall–Kier alpha value is -4.86. The van der Waals surface area contributed by atoms with Crippen LogP contribution in [0.2, 0.25) is 0 Å². The number of hydrogen-bond donors (Lipinski definition) is 4. The summed E-state index contributed by atoms with van der Waals surface area (Å²) in [5.41, 5.74) is 1.83. The molecular formula is C37H48N4O6. The van der Waals surface area contributed by atoms with Crippen LogP contribution in [-0.2, 0) is 38.6 Å². The highest BCUT2D eigenvalue weighted by atomic mass is 16.6. The second-order valence-corrected chi connectivity index (χ2v) is 12.6. The monoisotopic (exact) mass is 644 g/mol. The van der Waals surface area contributed by atoms with Crippen LogP contribution in [0.1, 0.15) is 64.2 Å². The molecule has 0 spiro atoms. The Morgan fingerprint density at radius 3 is 1.79 bits per heavy atom. The number of carbonyl (C=O) groups excluding carboxylic acids is 4. The van der Waals surface area contributed by atoms with Crippen molar-refractivity contribution < 1.29 is 28.7 Å². The minimum Gasteiger partial charge on any atom is -0.445 e. The van der Waals surface area contributed by atoms with Crippen molar-refractivity contribution in [1.29, 1.82) is 0 Å². The van der Waals surface area contributed by atoms with Crippen LogP contribution < -0.4 is 21.3 Å². The summed E-state index contributed by atoms with van der Waals surface area (Å²) in [4.78, 5) is 53.1. The predicted octanol–water partition coefficient (Wildman–Crippen LogP) is 5.65. The van der Waals surface area contributed by atoms with Crippen LogP contribution in [0.15, 0.2) is 91.0 Å². The standard InChI is InChI=1S/C37H48N4O6/c1-6-26(2)33(34(43)38-24-28-18-12-8-13-19-28)41-32(42)23-31(39-35(44)46-25-29-20-14-9-15-21-29)30(22-27-16-10-7-11-17-27)40-36(45)47-37(3,4)5/h7-21,26,30-31,33H,6,22-25H2,1-5H3,(H,38,43)(H,39,44)(H,40,45)(H,41,42)/t26-,30-,31-,33-/m0/s1. The van der Waals surface area contributed by atoms with Gasteiger partial charge >= 0.3 is 12.2 Å². The SMILES string of the molecule is CC[C@H](C)[C@H](NC(=O)C[C@H](NC(=O)OCc1ccccc1)[C@H](Cc1ccccc1)NC(=O)OC(C)(C)C)C(=O)NCc1ccccc1. The molecule has 3 rings (SSSR count). The summed E-state index contributed by atoms with van der Waals surface area (Å²) in [5.74, 6) is -0.949. The van der Waals surface area contributed by atoms with Gasteiger partial charge in [-0.1, -0.05) is 111 Å². The van der Waals surface area contributed by atoms with Crippen molar-refractivity contribution >= 4 is 24.0 Å². The van der Waals surface area contributed by atoms with Gasteiger partial charge in [0.25, 0.3) is 0 Å². The third kappa shape index (κ3) is 13.6. The first-order chi connectivity index (χ1) is 22.4. The molecule has 0 saturated carbocycles. The molecule has 0 radical (unpaired) electrons. The molecule has 0 fully saturated rings. The van der Waals surface area contributed by atoms with Crippen molar-refractivity contribution in [1.82, 2.24) is 21.3 Å². The third-order valence-corrected chi connectivity index (χ3v) is 7.53. The van der Waals surface area contributed by atoms with E-state index >= 15 is 0 Å². The van der Waals surface area contributed by atoms with Gasteiger partial charge < -0.3 is 30.7 Å². The number of rotatable bonds is 15. The fourth-order valence-electron chi connectivity index (χ4n) is 4.86. The summed E-state index contributed by atoms with van der Waals surface area (Å²) in [5, 5.41) is 11.5. The van der Waals surface area contributed by atoms with E-state index < -0.39 is 41.8 Å². The van der Waals surface area contributed by atoms with Gasteiger partial charge in [-0.2, -0.15) is 0 Å². The molecule has 0 bridgehead atoms. The van der Waals surface area contributed by atoms with Crippen LogP contribution in [0, 0.1) is 5.92 Å². The molecule has 0 aliphatic carbocycles. The first-order valence-electron chi connectivity index (χ1n) is 16.0. The molecule has 4 atom stereocenters. The summed E-state index contributed by atoms with van der Waals surface area (Å²) in [7, 11) is 0. The minimum atomic E-state index is -0.920. The van der Waals surface area contributed by atoms with Gasteiger partial charge in [-0.3, -0.25) is 9.59 Å². The summed E-state index contributed by atoms with van der Waals surface area (Å²) in [6.07, 6.45) is -0.764. The highest BCUT2D eigenvalue weighted by Gasteiger charge is 2.32. The number of ether oxygens (including phenoxy) is 2. The molecular weight excluding hydrogens is 596 g/mol. The Bertz CT molecular complexity index is 1410. The van der Waals surface area contributed by atoms with Crippen LogP contribution in [0.25, 0.3) is 0 Å². The van der Waals surface area contributed by atoms with Crippen LogP contribution in [-0.4, -0.2) is 47.7 Å². The summed E-state index contributed by atoms with van der Waals surface area (Å²) >= 11 is 0. The quantitative estimate of drug-likeness (QED) is 0.169. The lowest BCUT2D eigenvalue weighted by Gasteiger charge is -2.31. The topological polar surface area (TPSA) is 135 Å². The molecule has 3 aromatic carbocycles. The largest absolute Gasteiger partial charge is 0.445 e. The van der Waals surface area contributed by atoms with Crippen molar-refractivity contribution in [3.63, 3.8) is 0 Å². The number of alkyl carbamates (subject to hydrolysis) is 2. The molecule has 47 heavy (non-hydrogen) atoms. The Morgan fingerprint density at radius 2 is 1.23 bits per heavy atom. The number of benzene rings is 3. The average molecular weight is 645 g/mol. The van der Waals surface area contributed by atoms with Crippen molar-refractivity contribution in [2.75, 3.05) is 0 Å². The number of amides is 4. The Kier molecular flexibility index (Phi) is 14.3. The molecule has 4 amide bonds. The van der Waals surface area contributed by atoms with Gasteiger partial charge in [-0.05, 0) is 49.8 Å². The van der Waals surface area contributed by atoms with Gasteiger partial charge in [-0.15, -0.1) is 0 Å². The molecule has 252 valence electrons. The predicted molar refractivity (Wildman–Crippen MR) is 181 cm³/mol. The van der Waals surface area contributed by atoms with Crippen molar-refractivity contribution in [3.8, 4) is 0 Å². The van der Waals surface area contributed by atoms with Crippen LogP contribution in [0.4, 0.5) is 9.59 Å². The molecule has 3 aromatic rings. The zero-order valence-electron chi connectivity index (χ0n) is 28.0. The van der Waals surface area contributed by atoms with Crippen LogP contribution in [0.5, 0.6) is 0 Å². The van der Waals surface area contributed by atoms with E-state index in [-0.39, 0.29) is 31.3 Å². The van der Waals surface area contributed by atoms with Crippen LogP contribution >= 0.6 is 0 Å². The highest BCUT2D eigenvalue weighted by Crippen LogP contribution is 2.15. The molecule has 10 heteroatoms. The van der Waals surface area contributed by atoms with E-state index in [0.717, 1.165) is 16.7 Å². The van der Waals surface area contributed by atoms with Gasteiger partial charge in [0, 0.05) is 13.0 Å². The maximum Gasteiger partial charge on any atom is 0.407 e. The van der Waals surface area contributed by atoms with Gasteiger partial charge in [0.1, 0.15) is 18.2 Å². The Balaban J connectivity index is 1.82. The van der Waals surface area contributed by atoms with Gasteiger partial charge in [0.05, 0.1) is 12.1 Å². The summed E-state index contributed by atoms with van der Waals surface area (Å²) in [6, 6.07) is 25.6. The lowest BCUT2D eigenvalue weighted by molar-refractivity contribution is -0.130. The third-order valence-electron chi connectivity index (χ3n) is 7.53. The normalized spacial score (nSPS) is 13.6. The molecule has 0 heterocycles. The van der Waals surface area contributed by atoms with E-state index in [1.54, 1.807) is 20.8 Å². The Labute approximate surface area is 278 Å². The van der Waals surface area contributed by atoms with E-state index in [1.165, 1.54) is 0 Å². The second kappa shape index (κ2) is 18.3. The molecule has 0 aliphatic rings. The van der Waals surface area contributed by atoms with Crippen molar-refractivity contribution in [2.45, 2.75) is 90.8 Å². The fourth-order valence-corrected chi connectivity index (χ4v) is 4.86. The Morgan fingerprint density at radius 1 is 0.702 bits per heavy atom. The summed E-state index contributed by atoms with van der Waals surface area (Å²) in [6.45, 7) is 9.43. The first-order valence-corrected chi connectivity index (χ1v) is 16.0. The molecule has 0 unspecified atom stereocenters. The molecule has 0 aliphatic heterocycles. The van der Waals surface area contributed by atoms with Gasteiger partial charge in [0.2, 0.25) is 11.8 Å². The van der Waals surface area contributed by atoms with E-state index in [4.69, 9.17) is 9.47 Å². The molecule has 10 nitrogen and oxygen atoms in total. The summed E-state index contributed by atoms with van der Waals surface area (Å²) < 4.78 is 11.0. The smallest absolute Gasteiger partial charge is 0.407 e. The lowest BCUT2D eigenvalue weighted by atomic mass is 9.95. The van der Waals surface area contributed by atoms with Gasteiger partial charge in [-0.25, -0.2) is 9.59 Å². The fraction of sp³-hybridized carbons (Fsp3) is 0.405. The maximum atomic E-state index is 13.7. The average Bonchev–Trinajstić information content (AvgIpc) is 3.04. The lowest BCUT2D eigenvalue weighted by Crippen LogP contribution is -2.56. The zero-order chi connectivity index (χ0) is 34.2.